The van der Waals surface area contributed by atoms with Crippen molar-refractivity contribution in [3.63, 3.8) is 0 Å². The standard InChI is InChI=1S/C14H15FN2O2/c1-9-7-12(17(2)16-9)8-13(14(18)19)10-3-5-11(15)6-4-10/h3-7,13H,8H2,1-2H3,(H,18,19). The highest BCUT2D eigenvalue weighted by Crippen LogP contribution is 2.22. The molecule has 0 fully saturated rings. The van der Waals surface area contributed by atoms with Gasteiger partial charge in [-0.3, -0.25) is 9.48 Å². The fraction of sp³-hybridized carbons (Fsp3) is 0.286. The molecule has 0 radical (unpaired) electrons. The fourth-order valence-corrected chi connectivity index (χ4v) is 2.11. The largest absolute Gasteiger partial charge is 0.481 e. The zero-order valence-electron chi connectivity index (χ0n) is 10.8. The van der Waals surface area contributed by atoms with Gasteiger partial charge in [-0.05, 0) is 30.7 Å². The smallest absolute Gasteiger partial charge is 0.311 e. The van der Waals surface area contributed by atoms with E-state index in [1.807, 2.05) is 13.0 Å². The van der Waals surface area contributed by atoms with Crippen LogP contribution < -0.4 is 0 Å². The van der Waals surface area contributed by atoms with E-state index in [4.69, 9.17) is 0 Å². The molecular formula is C14H15FN2O2. The van der Waals surface area contributed by atoms with Crippen molar-refractivity contribution in [1.82, 2.24) is 9.78 Å². The van der Waals surface area contributed by atoms with Gasteiger partial charge in [-0.2, -0.15) is 5.10 Å². The van der Waals surface area contributed by atoms with E-state index in [0.717, 1.165) is 11.4 Å². The minimum Gasteiger partial charge on any atom is -0.481 e. The first-order valence-corrected chi connectivity index (χ1v) is 5.95. The number of aromatic nitrogens is 2. The average Bonchev–Trinajstić information content (AvgIpc) is 2.66. The van der Waals surface area contributed by atoms with Crippen LogP contribution in [0, 0.1) is 12.7 Å². The van der Waals surface area contributed by atoms with Crippen molar-refractivity contribution in [1.29, 1.82) is 0 Å². The number of aliphatic carboxylic acids is 1. The van der Waals surface area contributed by atoms with Crippen LogP contribution >= 0.6 is 0 Å². The van der Waals surface area contributed by atoms with Crippen molar-refractivity contribution in [3.8, 4) is 0 Å². The molecule has 100 valence electrons. The Balaban J connectivity index is 2.29. The van der Waals surface area contributed by atoms with Gasteiger partial charge in [0.05, 0.1) is 11.6 Å². The van der Waals surface area contributed by atoms with Gasteiger partial charge in [-0.1, -0.05) is 12.1 Å². The second kappa shape index (κ2) is 5.22. The Morgan fingerprint density at radius 3 is 2.53 bits per heavy atom. The molecule has 0 aliphatic carbocycles. The number of carboxylic acids is 1. The molecule has 19 heavy (non-hydrogen) atoms. The SMILES string of the molecule is Cc1cc(CC(C(=O)O)c2ccc(F)cc2)n(C)n1. The van der Waals surface area contributed by atoms with E-state index in [0.29, 0.717) is 12.0 Å². The van der Waals surface area contributed by atoms with Gasteiger partial charge in [0, 0.05) is 19.2 Å². The molecule has 2 rings (SSSR count). The van der Waals surface area contributed by atoms with Gasteiger partial charge >= 0.3 is 5.97 Å². The van der Waals surface area contributed by atoms with Crippen molar-refractivity contribution in [3.05, 3.63) is 53.1 Å². The maximum atomic E-state index is 12.9. The molecule has 0 spiro atoms. The Kier molecular flexibility index (Phi) is 3.64. The predicted octanol–water partition coefficient (Wildman–Crippen LogP) is 2.28. The van der Waals surface area contributed by atoms with Crippen molar-refractivity contribution in [2.75, 3.05) is 0 Å². The number of carbonyl (C=O) groups is 1. The highest BCUT2D eigenvalue weighted by atomic mass is 19.1. The van der Waals surface area contributed by atoms with Gasteiger partial charge in [-0.15, -0.1) is 0 Å². The summed E-state index contributed by atoms with van der Waals surface area (Å²) in [5, 5.41) is 13.5. The van der Waals surface area contributed by atoms with Gasteiger partial charge in [0.2, 0.25) is 0 Å². The summed E-state index contributed by atoms with van der Waals surface area (Å²) in [5.74, 6) is -2.00. The molecule has 0 amide bonds. The molecule has 1 heterocycles. The topological polar surface area (TPSA) is 55.1 Å². The predicted molar refractivity (Wildman–Crippen MR) is 68.4 cm³/mol. The van der Waals surface area contributed by atoms with Crippen LogP contribution in [0.15, 0.2) is 30.3 Å². The van der Waals surface area contributed by atoms with E-state index in [1.165, 1.54) is 24.3 Å². The molecule has 1 atom stereocenters. The Labute approximate surface area is 110 Å². The zero-order chi connectivity index (χ0) is 14.0. The first-order valence-electron chi connectivity index (χ1n) is 5.95. The van der Waals surface area contributed by atoms with Crippen LogP contribution in [0.4, 0.5) is 4.39 Å². The number of benzene rings is 1. The lowest BCUT2D eigenvalue weighted by atomic mass is 9.94. The Morgan fingerprint density at radius 2 is 2.05 bits per heavy atom. The Morgan fingerprint density at radius 1 is 1.42 bits per heavy atom. The first-order chi connectivity index (χ1) is 8.97. The Hall–Kier alpha value is -2.17. The van der Waals surface area contributed by atoms with E-state index < -0.39 is 11.9 Å². The van der Waals surface area contributed by atoms with Crippen LogP contribution in [0.25, 0.3) is 0 Å². The maximum Gasteiger partial charge on any atom is 0.311 e. The van der Waals surface area contributed by atoms with E-state index >= 15 is 0 Å². The van der Waals surface area contributed by atoms with Crippen molar-refractivity contribution >= 4 is 5.97 Å². The summed E-state index contributed by atoms with van der Waals surface area (Å²) in [6, 6.07) is 7.44. The van der Waals surface area contributed by atoms with Crippen molar-refractivity contribution < 1.29 is 14.3 Å². The molecule has 1 N–H and O–H groups in total. The first kappa shape index (κ1) is 13.3. The lowest BCUT2D eigenvalue weighted by Gasteiger charge is -2.12. The third-order valence-corrected chi connectivity index (χ3v) is 3.08. The quantitative estimate of drug-likeness (QED) is 0.919. The number of halogens is 1. The molecule has 0 aliphatic rings. The van der Waals surface area contributed by atoms with Crippen molar-refractivity contribution in [2.45, 2.75) is 19.3 Å². The van der Waals surface area contributed by atoms with Gasteiger partial charge in [0.15, 0.2) is 0 Å². The van der Waals surface area contributed by atoms with Crippen LogP contribution in [-0.2, 0) is 18.3 Å². The number of hydrogen-bond acceptors (Lipinski definition) is 2. The summed E-state index contributed by atoms with van der Waals surface area (Å²) in [6.45, 7) is 1.86. The van der Waals surface area contributed by atoms with Crippen molar-refractivity contribution in [2.24, 2.45) is 7.05 Å². The van der Waals surface area contributed by atoms with E-state index in [2.05, 4.69) is 5.10 Å². The minimum atomic E-state index is -0.925. The number of hydrogen-bond donors (Lipinski definition) is 1. The van der Waals surface area contributed by atoms with Crippen LogP contribution in [-0.4, -0.2) is 20.9 Å². The van der Waals surface area contributed by atoms with Crippen LogP contribution in [0.1, 0.15) is 22.9 Å². The number of rotatable bonds is 4. The third kappa shape index (κ3) is 2.99. The average molecular weight is 262 g/mol. The molecule has 5 heteroatoms. The third-order valence-electron chi connectivity index (χ3n) is 3.08. The number of aryl methyl sites for hydroxylation is 2. The van der Waals surface area contributed by atoms with Crippen LogP contribution in [0.3, 0.4) is 0 Å². The fourth-order valence-electron chi connectivity index (χ4n) is 2.11. The zero-order valence-corrected chi connectivity index (χ0v) is 10.8. The molecule has 1 aromatic carbocycles. The summed E-state index contributed by atoms with van der Waals surface area (Å²) >= 11 is 0. The summed E-state index contributed by atoms with van der Waals surface area (Å²) in [7, 11) is 1.78. The monoisotopic (exact) mass is 262 g/mol. The number of nitrogens with zero attached hydrogens (tertiary/aromatic N) is 2. The number of carboxylic acid groups (broad SMARTS) is 1. The highest BCUT2D eigenvalue weighted by Gasteiger charge is 2.22. The van der Waals surface area contributed by atoms with Gasteiger partial charge < -0.3 is 5.11 Å². The molecule has 0 aliphatic heterocycles. The summed E-state index contributed by atoms with van der Waals surface area (Å²) in [4.78, 5) is 11.4. The lowest BCUT2D eigenvalue weighted by molar-refractivity contribution is -0.138. The summed E-state index contributed by atoms with van der Waals surface area (Å²) < 4.78 is 14.6. The summed E-state index contributed by atoms with van der Waals surface area (Å²) in [6.07, 6.45) is 0.332. The second-order valence-corrected chi connectivity index (χ2v) is 4.55. The van der Waals surface area contributed by atoms with Crippen LogP contribution in [0.5, 0.6) is 0 Å². The Bertz CT molecular complexity index is 590. The highest BCUT2D eigenvalue weighted by molar-refractivity contribution is 5.76. The molecule has 2 aromatic rings. The van der Waals surface area contributed by atoms with Gasteiger partial charge in [-0.25, -0.2) is 4.39 Å². The van der Waals surface area contributed by atoms with Crippen LogP contribution in [0.2, 0.25) is 0 Å². The van der Waals surface area contributed by atoms with Gasteiger partial charge in [0.25, 0.3) is 0 Å². The molecule has 4 nitrogen and oxygen atoms in total. The van der Waals surface area contributed by atoms with Gasteiger partial charge in [0.1, 0.15) is 5.82 Å². The minimum absolute atomic E-state index is 0.332. The molecule has 0 bridgehead atoms. The second-order valence-electron chi connectivity index (χ2n) is 4.55. The van der Waals surface area contributed by atoms with E-state index in [9.17, 15) is 14.3 Å². The lowest BCUT2D eigenvalue weighted by Crippen LogP contribution is -2.16. The van der Waals surface area contributed by atoms with E-state index in [-0.39, 0.29) is 5.82 Å². The van der Waals surface area contributed by atoms with E-state index in [1.54, 1.807) is 11.7 Å². The molecule has 0 saturated carbocycles. The normalized spacial score (nSPS) is 12.4. The molecule has 1 unspecified atom stereocenters. The molecular weight excluding hydrogens is 247 g/mol. The maximum absolute atomic E-state index is 12.9. The summed E-state index contributed by atoms with van der Waals surface area (Å²) in [5.41, 5.74) is 2.28. The molecule has 0 saturated heterocycles. The molecule has 1 aromatic heterocycles.